The van der Waals surface area contributed by atoms with Gasteiger partial charge in [0, 0.05) is 10.4 Å². The van der Waals surface area contributed by atoms with E-state index in [1.54, 1.807) is 0 Å². The molecule has 0 rings (SSSR count). The molecule has 0 saturated carbocycles. The van der Waals surface area contributed by atoms with Crippen LogP contribution in [0.2, 0.25) is 0 Å². The quantitative estimate of drug-likeness (QED) is 0.311. The van der Waals surface area contributed by atoms with E-state index in [4.69, 9.17) is 17.5 Å². The Morgan fingerprint density at radius 1 is 1.00 bits per heavy atom. The molecular weight excluding hydrogens is 347 g/mol. The maximum absolute atomic E-state index is 8.52. The minimum atomic E-state index is -5.17. The molecule has 0 spiro atoms. The van der Waals surface area contributed by atoms with Gasteiger partial charge in [-0.05, 0) is 0 Å². The third-order valence-corrected chi connectivity index (χ3v) is 0. The van der Waals surface area contributed by atoms with Gasteiger partial charge in [-0.1, -0.05) is 7.43 Å². The van der Waals surface area contributed by atoms with Gasteiger partial charge < -0.3 is 14.6 Å². The van der Waals surface area contributed by atoms with Crippen molar-refractivity contribution >= 4 is 10.4 Å². The van der Waals surface area contributed by atoms with E-state index < -0.39 is 10.4 Å². The van der Waals surface area contributed by atoms with Crippen LogP contribution in [0.15, 0.2) is 0 Å². The van der Waals surface area contributed by atoms with Crippen molar-refractivity contribution in [2.24, 2.45) is 0 Å². The number of rotatable bonds is 0. The largest absolute Gasteiger partial charge is 3.00 e. The Morgan fingerprint density at radius 2 is 1.00 bits per heavy atom. The maximum atomic E-state index is 8.52. The molecule has 0 atom stereocenters. The molecule has 0 aliphatic heterocycles. The molecule has 0 fully saturated rings. The van der Waals surface area contributed by atoms with Gasteiger partial charge in [0.1, 0.15) is 0 Å². The smallest absolute Gasteiger partial charge is 0.759 e. The van der Waals surface area contributed by atoms with Gasteiger partial charge in [0.15, 0.2) is 0 Å². The zero-order chi connectivity index (χ0) is 4.50. The van der Waals surface area contributed by atoms with E-state index in [2.05, 4.69) is 0 Å². The Bertz CT molecular complexity index is 114. The summed E-state index contributed by atoms with van der Waals surface area (Å²) >= 11 is 0. The molecule has 0 heterocycles. The average Bonchev–Trinajstić information content (AvgIpc) is 0.722. The van der Waals surface area contributed by atoms with Crippen molar-refractivity contribution in [1.82, 2.24) is 0 Å². The van der Waals surface area contributed by atoms with Crippen molar-refractivity contribution in [2.45, 2.75) is 7.43 Å². The maximum Gasteiger partial charge on any atom is 3.00 e. The Kier molecular flexibility index (Phi) is 108. The van der Waals surface area contributed by atoms with Crippen LogP contribution in [0.25, 0.3) is 0 Å². The zero-order valence-electron chi connectivity index (χ0n) is 7.96. The molecule has 0 amide bonds. The molecule has 0 bridgehead atoms. The molecule has 2 N–H and O–H groups in total. The van der Waals surface area contributed by atoms with E-state index in [-0.39, 0.29) is 86.9 Å². The fraction of sp³-hybridized carbons (Fsp3) is 1.00. The molecule has 70 valence electrons. The Morgan fingerprint density at radius 3 is 1.00 bits per heavy atom. The second-order valence-electron chi connectivity index (χ2n) is 0.408. The first-order valence-electron chi connectivity index (χ1n) is 0.667. The van der Waals surface area contributed by atoms with Crippen LogP contribution in [0.1, 0.15) is 13.1 Å². The van der Waals surface area contributed by atoms with Crippen LogP contribution in [0.4, 0.5) is 0 Å². The Labute approximate surface area is 114 Å². The fourth-order valence-corrected chi connectivity index (χ4v) is 0. The second-order valence-corrected chi connectivity index (χ2v) is 1.22. The van der Waals surface area contributed by atoms with Crippen LogP contribution >= 0.6 is 0 Å². The fourth-order valence-electron chi connectivity index (χ4n) is 0. The van der Waals surface area contributed by atoms with Gasteiger partial charge in [-0.15, -0.1) is 0 Å². The predicted molar refractivity (Wildman–Crippen MR) is 25.3 cm³/mol. The van der Waals surface area contributed by atoms with Gasteiger partial charge in [0.05, 0.1) is 0 Å². The molecule has 0 unspecified atom stereocenters. The summed E-state index contributed by atoms with van der Waals surface area (Å²) < 4.78 is 34.1. The summed E-state index contributed by atoms with van der Waals surface area (Å²) in [6, 6.07) is 0. The number of hydrogen-bond donors (Lipinski definition) is 0. The zero-order valence-corrected chi connectivity index (χ0v) is 9.19. The summed E-state index contributed by atoms with van der Waals surface area (Å²) in [6.07, 6.45) is 0. The molecule has 11 heavy (non-hydrogen) atoms. The second kappa shape index (κ2) is 22.7. The van der Waals surface area contributed by atoms with Crippen LogP contribution in [0.3, 0.4) is 0 Å². The minimum absolute atomic E-state index is 0. The van der Waals surface area contributed by atoms with Crippen LogP contribution in [-0.4, -0.2) is 23.0 Å². The summed E-state index contributed by atoms with van der Waals surface area (Å²) in [4.78, 5) is 0. The molecule has 10 heteroatoms. The molecule has 5 nitrogen and oxygen atoms in total. The molecule has 0 aliphatic rings. The average molecular weight is 358 g/mol. The molecule has 0 aliphatic carbocycles. The summed E-state index contributed by atoms with van der Waals surface area (Å²) in [5.41, 5.74) is 0. The van der Waals surface area contributed by atoms with E-state index >= 15 is 0 Å². The van der Waals surface area contributed by atoms with Gasteiger partial charge in [0.25, 0.3) is 0 Å². The predicted octanol–water partition coefficient (Wildman–Crippen LogP) is -1.09. The van der Waals surface area contributed by atoms with Crippen molar-refractivity contribution in [3.63, 3.8) is 0 Å². The van der Waals surface area contributed by atoms with Crippen molar-refractivity contribution in [2.75, 3.05) is 0 Å². The molecule has 2 radical (unpaired) electrons. The summed E-state index contributed by atoms with van der Waals surface area (Å²) in [6.45, 7) is 0. The normalized spacial score (nSPS) is 5.27. The van der Waals surface area contributed by atoms with Gasteiger partial charge in [-0.2, -0.15) is 0 Å². The third-order valence-electron chi connectivity index (χ3n) is 0. The van der Waals surface area contributed by atoms with E-state index in [0.29, 0.717) is 0 Å². The van der Waals surface area contributed by atoms with Gasteiger partial charge in [0.2, 0.25) is 0 Å². The minimum Gasteiger partial charge on any atom is -0.759 e. The first-order chi connectivity index (χ1) is 2.00. The first kappa shape index (κ1) is 52.4. The first-order valence-corrected chi connectivity index (χ1v) is 2.00. The Balaban J connectivity index is -0.00000000178. The van der Waals surface area contributed by atoms with Crippen molar-refractivity contribution in [3.8, 4) is 0 Å². The molecular formula is CH10Fe4O5S+12. The van der Waals surface area contributed by atoms with Gasteiger partial charge >= 0.3 is 74.0 Å². The summed E-state index contributed by atoms with van der Waals surface area (Å²) in [5, 5.41) is 0. The summed E-state index contributed by atoms with van der Waals surface area (Å²) in [5.74, 6) is 0. The molecule has 0 aromatic heterocycles. The van der Waals surface area contributed by atoms with E-state index in [1.165, 1.54) is 0 Å². The van der Waals surface area contributed by atoms with Crippen LogP contribution < -0.4 is 0 Å². The summed E-state index contributed by atoms with van der Waals surface area (Å²) in [7, 11) is -5.17. The van der Waals surface area contributed by atoms with Crippen LogP contribution in [-0.2, 0) is 78.7 Å². The topological polar surface area (TPSA) is 112 Å². The number of hydrogen-bond acceptors (Lipinski definition) is 4. The molecule has 0 saturated heterocycles. The van der Waals surface area contributed by atoms with Crippen molar-refractivity contribution in [3.05, 3.63) is 0 Å². The Hall–Kier alpha value is 1.91. The molecule has 0 aromatic carbocycles. The van der Waals surface area contributed by atoms with E-state index in [0.717, 1.165) is 0 Å². The van der Waals surface area contributed by atoms with Crippen LogP contribution in [0, 0.1) is 0 Å². The standard InChI is InChI=1S/CH4.4Fe.H2O4S.H2O/c;;;;;1-5(2,3)4;/h1H4;;;;;(H2,1,2,3,4);1H2/q;2*+2;2*+3;;/p+2. The van der Waals surface area contributed by atoms with Gasteiger partial charge in [-0.3, -0.25) is 8.42 Å². The van der Waals surface area contributed by atoms with Gasteiger partial charge in [-0.25, -0.2) is 0 Å². The molecule has 0 aromatic rings. The third kappa shape index (κ3) is 321. The van der Waals surface area contributed by atoms with E-state index in [1.807, 2.05) is 0 Å². The van der Waals surface area contributed by atoms with Crippen LogP contribution in [0.5, 0.6) is 0 Å². The monoisotopic (exact) mass is 358 g/mol. The van der Waals surface area contributed by atoms with Crippen molar-refractivity contribution < 1.29 is 97.0 Å². The SMILES string of the molecule is C.O.O=S(=O)([O-])[O-].[Fe+2].[Fe+2].[Fe+3].[Fe+3].[H+].[H+].[H+].[H+]. The van der Waals surface area contributed by atoms with E-state index in [9.17, 15) is 0 Å². The van der Waals surface area contributed by atoms with Crippen molar-refractivity contribution in [1.29, 1.82) is 0 Å².